The van der Waals surface area contributed by atoms with Crippen molar-refractivity contribution in [3.63, 3.8) is 0 Å². The second kappa shape index (κ2) is 14.3. The number of hydrogen-bond donors (Lipinski definition) is 1. The Morgan fingerprint density at radius 1 is 1.02 bits per heavy atom. The van der Waals surface area contributed by atoms with Crippen LogP contribution in [0.1, 0.15) is 51.0 Å². The molecule has 3 rings (SSSR count). The highest BCUT2D eigenvalue weighted by Gasteiger charge is 2.33. The fourth-order valence-electron chi connectivity index (χ4n) is 4.91. The predicted molar refractivity (Wildman–Crippen MR) is 158 cm³/mol. The Bertz CT molecular complexity index is 1280. The van der Waals surface area contributed by atoms with Crippen LogP contribution < -0.4 is 19.1 Å². The van der Waals surface area contributed by atoms with Gasteiger partial charge in [0, 0.05) is 34.3 Å². The minimum atomic E-state index is -3.92. The van der Waals surface area contributed by atoms with E-state index < -0.39 is 28.5 Å². The first kappa shape index (κ1) is 31.8. The van der Waals surface area contributed by atoms with Gasteiger partial charge in [-0.1, -0.05) is 55.5 Å². The Morgan fingerprint density at radius 2 is 1.65 bits per heavy atom. The quantitative estimate of drug-likeness (QED) is 0.360. The number of nitrogens with zero attached hydrogens (tertiary/aromatic N) is 2. The zero-order valence-corrected chi connectivity index (χ0v) is 25.6. The van der Waals surface area contributed by atoms with E-state index in [-0.39, 0.29) is 24.2 Å². The Labute approximate surface area is 246 Å². The molecular weight excluding hydrogens is 577 g/mol. The zero-order chi connectivity index (χ0) is 29.4. The van der Waals surface area contributed by atoms with Gasteiger partial charge >= 0.3 is 0 Å². The first-order valence-electron chi connectivity index (χ1n) is 13.2. The van der Waals surface area contributed by atoms with Crippen molar-refractivity contribution in [3.8, 4) is 11.5 Å². The molecule has 2 aromatic rings. The summed E-state index contributed by atoms with van der Waals surface area (Å²) in [4.78, 5) is 28.9. The van der Waals surface area contributed by atoms with E-state index in [0.29, 0.717) is 33.5 Å². The third-order valence-electron chi connectivity index (χ3n) is 7.06. The normalized spacial score (nSPS) is 14.8. The smallest absolute Gasteiger partial charge is 0.244 e. The lowest BCUT2D eigenvalue weighted by Crippen LogP contribution is -2.54. The van der Waals surface area contributed by atoms with Crippen molar-refractivity contribution < 1.29 is 27.5 Å². The summed E-state index contributed by atoms with van der Waals surface area (Å²) in [7, 11) is -1.02. The SMILES string of the molecule is CCC(C(=O)NC1CCCCC1)N(Cc1c(Cl)cccc1Cl)C(=O)CN(c1ccc(OC)c(OC)c1)S(C)(=O)=O. The van der Waals surface area contributed by atoms with E-state index in [0.717, 1.165) is 42.7 Å². The molecule has 1 atom stereocenters. The molecule has 1 fully saturated rings. The van der Waals surface area contributed by atoms with Gasteiger partial charge in [-0.3, -0.25) is 13.9 Å². The highest BCUT2D eigenvalue weighted by molar-refractivity contribution is 7.92. The van der Waals surface area contributed by atoms with Gasteiger partial charge in [-0.2, -0.15) is 0 Å². The van der Waals surface area contributed by atoms with Gasteiger partial charge in [0.2, 0.25) is 21.8 Å². The fraction of sp³-hybridized carbons (Fsp3) is 0.500. The van der Waals surface area contributed by atoms with Gasteiger partial charge < -0.3 is 19.7 Å². The van der Waals surface area contributed by atoms with Crippen LogP contribution >= 0.6 is 23.2 Å². The molecule has 220 valence electrons. The van der Waals surface area contributed by atoms with Crippen LogP contribution in [0.25, 0.3) is 0 Å². The largest absolute Gasteiger partial charge is 0.493 e. The van der Waals surface area contributed by atoms with Crippen LogP contribution in [0.15, 0.2) is 36.4 Å². The Kier molecular flexibility index (Phi) is 11.4. The van der Waals surface area contributed by atoms with Crippen LogP contribution in [0, 0.1) is 0 Å². The minimum absolute atomic E-state index is 0.0374. The van der Waals surface area contributed by atoms with Crippen LogP contribution in [0.5, 0.6) is 11.5 Å². The van der Waals surface area contributed by atoms with Crippen molar-refractivity contribution >= 4 is 50.7 Å². The summed E-state index contributed by atoms with van der Waals surface area (Å²) in [5, 5.41) is 3.78. The second-order valence-electron chi connectivity index (χ2n) is 9.80. The lowest BCUT2D eigenvalue weighted by atomic mass is 9.95. The minimum Gasteiger partial charge on any atom is -0.493 e. The molecule has 0 aliphatic heterocycles. The fourth-order valence-corrected chi connectivity index (χ4v) is 6.27. The molecule has 2 aromatic carbocycles. The molecule has 9 nitrogen and oxygen atoms in total. The first-order chi connectivity index (χ1) is 19.0. The van der Waals surface area contributed by atoms with Crippen molar-refractivity contribution in [3.05, 3.63) is 52.0 Å². The molecule has 0 saturated heterocycles. The van der Waals surface area contributed by atoms with Crippen molar-refractivity contribution in [2.75, 3.05) is 31.3 Å². The molecule has 12 heteroatoms. The van der Waals surface area contributed by atoms with E-state index in [2.05, 4.69) is 5.32 Å². The number of amides is 2. The number of methoxy groups -OCH3 is 2. The van der Waals surface area contributed by atoms with Gasteiger partial charge in [0.05, 0.1) is 26.2 Å². The van der Waals surface area contributed by atoms with E-state index in [9.17, 15) is 18.0 Å². The first-order valence-corrected chi connectivity index (χ1v) is 15.8. The summed E-state index contributed by atoms with van der Waals surface area (Å²) in [6.07, 6.45) is 6.29. The number of carbonyl (C=O) groups excluding carboxylic acids is 2. The molecule has 40 heavy (non-hydrogen) atoms. The molecule has 0 radical (unpaired) electrons. The summed E-state index contributed by atoms with van der Waals surface area (Å²) < 4.78 is 37.4. The number of hydrogen-bond acceptors (Lipinski definition) is 6. The maximum Gasteiger partial charge on any atom is 0.244 e. The molecule has 0 aromatic heterocycles. The predicted octanol–water partition coefficient (Wildman–Crippen LogP) is 5.03. The number of rotatable bonds is 12. The van der Waals surface area contributed by atoms with Gasteiger partial charge in [0.25, 0.3) is 0 Å². The molecule has 0 spiro atoms. The zero-order valence-electron chi connectivity index (χ0n) is 23.3. The summed E-state index contributed by atoms with van der Waals surface area (Å²) in [6, 6.07) is 8.74. The topological polar surface area (TPSA) is 105 Å². The van der Waals surface area contributed by atoms with E-state index in [4.69, 9.17) is 32.7 Å². The highest BCUT2D eigenvalue weighted by Crippen LogP contribution is 2.33. The lowest BCUT2D eigenvalue weighted by molar-refractivity contribution is -0.140. The summed E-state index contributed by atoms with van der Waals surface area (Å²) in [5.74, 6) is -0.157. The van der Waals surface area contributed by atoms with Crippen molar-refractivity contribution in [2.45, 2.75) is 64.1 Å². The maximum absolute atomic E-state index is 14.0. The van der Waals surface area contributed by atoms with Crippen molar-refractivity contribution in [2.24, 2.45) is 0 Å². The number of sulfonamides is 1. The van der Waals surface area contributed by atoms with Crippen LogP contribution in [0.2, 0.25) is 10.0 Å². The van der Waals surface area contributed by atoms with Crippen LogP contribution in [-0.4, -0.2) is 64.2 Å². The molecule has 0 heterocycles. The standard InChI is InChI=1S/C28H37Cl2N3O6S/c1-5-24(28(35)31-19-10-7-6-8-11-19)32(17-21-22(29)12-9-13-23(21)30)27(34)18-33(40(4,36)37)20-14-15-25(38-2)26(16-20)39-3/h9,12-16,19,24H,5-8,10-11,17-18H2,1-4H3,(H,31,35). The van der Waals surface area contributed by atoms with E-state index in [1.54, 1.807) is 24.3 Å². The highest BCUT2D eigenvalue weighted by atomic mass is 35.5. The van der Waals surface area contributed by atoms with Gasteiger partial charge in [0.15, 0.2) is 11.5 Å². The Morgan fingerprint density at radius 3 is 2.20 bits per heavy atom. The molecule has 1 aliphatic carbocycles. The molecule has 1 aliphatic rings. The number of anilines is 1. The van der Waals surface area contributed by atoms with Gasteiger partial charge in [-0.15, -0.1) is 0 Å². The number of nitrogens with one attached hydrogen (secondary N) is 1. The number of halogens is 2. The van der Waals surface area contributed by atoms with Crippen LogP contribution in [-0.2, 0) is 26.2 Å². The van der Waals surface area contributed by atoms with Gasteiger partial charge in [-0.05, 0) is 43.5 Å². The summed E-state index contributed by atoms with van der Waals surface area (Å²) in [6.45, 7) is 1.18. The summed E-state index contributed by atoms with van der Waals surface area (Å²) >= 11 is 12.9. The van der Waals surface area contributed by atoms with Crippen LogP contribution in [0.4, 0.5) is 5.69 Å². The third-order valence-corrected chi connectivity index (χ3v) is 8.91. The van der Waals surface area contributed by atoms with E-state index in [1.807, 2.05) is 6.92 Å². The van der Waals surface area contributed by atoms with E-state index >= 15 is 0 Å². The molecule has 1 saturated carbocycles. The summed E-state index contributed by atoms with van der Waals surface area (Å²) in [5.41, 5.74) is 0.684. The molecule has 2 amide bonds. The Balaban J connectivity index is 1.99. The van der Waals surface area contributed by atoms with Crippen molar-refractivity contribution in [1.29, 1.82) is 0 Å². The number of carbonyl (C=O) groups is 2. The molecule has 1 unspecified atom stereocenters. The van der Waals surface area contributed by atoms with Gasteiger partial charge in [0.1, 0.15) is 12.6 Å². The van der Waals surface area contributed by atoms with E-state index in [1.165, 1.54) is 31.3 Å². The second-order valence-corrected chi connectivity index (χ2v) is 12.5. The molecule has 1 N–H and O–H groups in total. The van der Waals surface area contributed by atoms with Gasteiger partial charge in [-0.25, -0.2) is 8.42 Å². The average molecular weight is 615 g/mol. The number of ether oxygens (including phenoxy) is 2. The average Bonchev–Trinajstić information content (AvgIpc) is 2.92. The van der Waals surface area contributed by atoms with Crippen molar-refractivity contribution in [1.82, 2.24) is 10.2 Å². The lowest BCUT2D eigenvalue weighted by Gasteiger charge is -2.34. The third kappa shape index (κ3) is 7.95. The monoisotopic (exact) mass is 613 g/mol. The number of benzene rings is 2. The van der Waals surface area contributed by atoms with Crippen LogP contribution in [0.3, 0.4) is 0 Å². The molecular formula is C28H37Cl2N3O6S. The molecule has 0 bridgehead atoms. The Hall–Kier alpha value is -2.69. The maximum atomic E-state index is 14.0.